The standard InChI is InChI=1S/C4H9P.C3H9N.Sn.H/c1-2-4-5-3-1;1-4(2)3;;/h5H,1-4H2;1-3H3;;. The minimum atomic E-state index is 0. The van der Waals surface area contributed by atoms with Crippen molar-refractivity contribution < 1.29 is 0 Å². The van der Waals surface area contributed by atoms with Crippen LogP contribution in [0.15, 0.2) is 0 Å². The van der Waals surface area contributed by atoms with Gasteiger partial charge in [-0.25, -0.2) is 0 Å². The molecule has 0 aromatic carbocycles. The van der Waals surface area contributed by atoms with Gasteiger partial charge in [0.1, 0.15) is 0 Å². The normalized spacial score (nSPS) is 15.6. The molecule has 0 unspecified atom stereocenters. The predicted octanol–water partition coefficient (Wildman–Crippen LogP) is 0.988. The van der Waals surface area contributed by atoms with E-state index in [9.17, 15) is 0 Å². The molecule has 0 atom stereocenters. The first-order valence-corrected chi connectivity index (χ1v) is 4.96. The van der Waals surface area contributed by atoms with Gasteiger partial charge in [0.15, 0.2) is 0 Å². The van der Waals surface area contributed by atoms with E-state index in [-0.39, 0.29) is 23.9 Å². The summed E-state index contributed by atoms with van der Waals surface area (Å²) in [5.74, 6) is 0. The summed E-state index contributed by atoms with van der Waals surface area (Å²) in [7, 11) is 7.31. The molecule has 1 aliphatic rings. The number of hydrogen-bond acceptors (Lipinski definition) is 1. The first kappa shape index (κ1) is 13.8. The molecule has 0 aromatic rings. The second-order valence-corrected chi connectivity index (χ2v) is 4.30. The Morgan fingerprint density at radius 3 is 1.40 bits per heavy atom. The van der Waals surface area contributed by atoms with Crippen LogP contribution in [0.5, 0.6) is 0 Å². The van der Waals surface area contributed by atoms with E-state index < -0.39 is 0 Å². The Balaban J connectivity index is 0. The van der Waals surface area contributed by atoms with Crippen LogP contribution in [0, 0.1) is 0 Å². The van der Waals surface area contributed by atoms with Crippen molar-refractivity contribution in [2.75, 3.05) is 33.5 Å². The fourth-order valence-electron chi connectivity index (χ4n) is 0.625. The van der Waals surface area contributed by atoms with Crippen molar-refractivity contribution in [1.29, 1.82) is 0 Å². The number of nitrogens with zero attached hydrogens (tertiary/aromatic N) is 1. The van der Waals surface area contributed by atoms with E-state index in [4.69, 9.17) is 0 Å². The van der Waals surface area contributed by atoms with E-state index in [0.717, 1.165) is 0 Å². The molecule has 1 fully saturated rings. The Morgan fingerprint density at radius 1 is 1.00 bits per heavy atom. The summed E-state index contributed by atoms with van der Waals surface area (Å²) < 4.78 is 0. The van der Waals surface area contributed by atoms with Crippen LogP contribution < -0.4 is 0 Å². The molecule has 0 aliphatic carbocycles. The van der Waals surface area contributed by atoms with Crippen LogP contribution in [0.25, 0.3) is 0 Å². The quantitative estimate of drug-likeness (QED) is 0.467. The molecular formula is C7H19NPSn. The molecule has 1 aliphatic heterocycles. The summed E-state index contributed by atoms with van der Waals surface area (Å²) in [6.07, 6.45) is 6.08. The van der Waals surface area contributed by atoms with Crippen LogP contribution >= 0.6 is 8.58 Å². The molecule has 1 saturated heterocycles. The molecule has 3 heteroatoms. The van der Waals surface area contributed by atoms with Crippen LogP contribution in [0.2, 0.25) is 0 Å². The van der Waals surface area contributed by atoms with Gasteiger partial charge in [-0.1, -0.05) is 0 Å². The third-order valence-electron chi connectivity index (χ3n) is 0.957. The van der Waals surface area contributed by atoms with Gasteiger partial charge in [0.2, 0.25) is 0 Å². The average molecular weight is 267 g/mol. The van der Waals surface area contributed by atoms with Gasteiger partial charge in [0, 0.05) is 0 Å². The summed E-state index contributed by atoms with van der Waals surface area (Å²) in [5.41, 5.74) is 0. The molecule has 0 N–H and O–H groups in total. The molecule has 1 rings (SSSR count). The Labute approximate surface area is 83.7 Å². The fourth-order valence-corrected chi connectivity index (χ4v) is 1.87. The van der Waals surface area contributed by atoms with Crippen molar-refractivity contribution in [2.24, 2.45) is 0 Å². The summed E-state index contributed by atoms with van der Waals surface area (Å²) in [5, 5.41) is 0. The molecule has 1 heterocycles. The monoisotopic (exact) mass is 268 g/mol. The zero-order chi connectivity index (χ0) is 7.11. The zero-order valence-electron chi connectivity index (χ0n) is 7.35. The van der Waals surface area contributed by atoms with E-state index in [0.29, 0.717) is 0 Å². The van der Waals surface area contributed by atoms with Crippen molar-refractivity contribution in [3.05, 3.63) is 0 Å². The Morgan fingerprint density at radius 2 is 1.30 bits per heavy atom. The molecule has 0 bridgehead atoms. The van der Waals surface area contributed by atoms with Crippen LogP contribution in [-0.4, -0.2) is 62.3 Å². The molecule has 10 heavy (non-hydrogen) atoms. The molecule has 0 aromatic heterocycles. The second-order valence-electron chi connectivity index (χ2n) is 2.80. The van der Waals surface area contributed by atoms with Crippen LogP contribution in [0.4, 0.5) is 0 Å². The zero-order valence-corrected chi connectivity index (χ0v) is 11.6. The van der Waals surface area contributed by atoms with Crippen molar-refractivity contribution in [3.63, 3.8) is 0 Å². The topological polar surface area (TPSA) is 3.24 Å². The van der Waals surface area contributed by atoms with Crippen LogP contribution in [-0.2, 0) is 0 Å². The summed E-state index contributed by atoms with van der Waals surface area (Å²) in [4.78, 5) is 2.00. The van der Waals surface area contributed by atoms with Gasteiger partial charge in [-0.3, -0.25) is 0 Å². The van der Waals surface area contributed by atoms with E-state index in [1.807, 2.05) is 26.0 Å². The Bertz CT molecular complexity index is 45.2. The van der Waals surface area contributed by atoms with E-state index in [1.165, 1.54) is 33.7 Å². The van der Waals surface area contributed by atoms with E-state index in [2.05, 4.69) is 0 Å². The van der Waals surface area contributed by atoms with Crippen LogP contribution in [0.1, 0.15) is 12.8 Å². The third-order valence-corrected chi connectivity index (χ3v) is 2.37. The van der Waals surface area contributed by atoms with Gasteiger partial charge in [0.05, 0.1) is 0 Å². The van der Waals surface area contributed by atoms with E-state index in [1.54, 1.807) is 0 Å². The molecule has 0 amide bonds. The third kappa shape index (κ3) is 16.1. The van der Waals surface area contributed by atoms with Gasteiger partial charge in [0.25, 0.3) is 0 Å². The molecule has 3 radical (unpaired) electrons. The van der Waals surface area contributed by atoms with Crippen LogP contribution in [0.3, 0.4) is 0 Å². The van der Waals surface area contributed by atoms with Crippen molar-refractivity contribution in [1.82, 2.24) is 4.90 Å². The molecule has 0 saturated carbocycles. The average Bonchev–Trinajstić information content (AvgIpc) is 2.11. The Hall–Kier alpha value is 1.19. The first-order valence-electron chi connectivity index (χ1n) is 3.55. The SMILES string of the molecule is C1CCPC1.CN(C)C.[SnH]. The molecular weight excluding hydrogens is 248 g/mol. The van der Waals surface area contributed by atoms with Crippen molar-refractivity contribution >= 4 is 32.5 Å². The number of hydrogen-bond donors (Lipinski definition) is 0. The second kappa shape index (κ2) is 10.2. The summed E-state index contributed by atoms with van der Waals surface area (Å²) >= 11 is 0. The van der Waals surface area contributed by atoms with Gasteiger partial charge in [-0.2, -0.15) is 0 Å². The first-order chi connectivity index (χ1) is 4.23. The Kier molecular flexibility index (Phi) is 14.0. The van der Waals surface area contributed by atoms with E-state index >= 15 is 0 Å². The molecule has 0 spiro atoms. The summed E-state index contributed by atoms with van der Waals surface area (Å²) in [6, 6.07) is 0. The van der Waals surface area contributed by atoms with Crippen molar-refractivity contribution in [3.8, 4) is 0 Å². The molecule has 61 valence electrons. The fraction of sp³-hybridized carbons (Fsp3) is 1.00. The molecule has 1 nitrogen and oxygen atoms in total. The van der Waals surface area contributed by atoms with Gasteiger partial charge >= 0.3 is 23.9 Å². The minimum absolute atomic E-state index is 0. The van der Waals surface area contributed by atoms with Gasteiger partial charge < -0.3 is 4.90 Å². The van der Waals surface area contributed by atoms with Gasteiger partial charge in [-0.15, -0.1) is 8.58 Å². The van der Waals surface area contributed by atoms with Crippen molar-refractivity contribution in [2.45, 2.75) is 12.8 Å². The summed E-state index contributed by atoms with van der Waals surface area (Å²) in [6.45, 7) is 0. The predicted molar refractivity (Wildman–Crippen MR) is 54.0 cm³/mol. The maximum atomic E-state index is 2.00. The maximum absolute atomic E-state index is 2.00. The van der Waals surface area contributed by atoms with Gasteiger partial charge in [-0.05, 0) is 46.3 Å². The number of rotatable bonds is 0.